The lowest BCUT2D eigenvalue weighted by atomic mass is 10.1. The third-order valence-electron chi connectivity index (χ3n) is 10.7. The zero-order chi connectivity index (χ0) is 47.7. The summed E-state index contributed by atoms with van der Waals surface area (Å²) in [6.07, 6.45) is 78.9. The molecule has 0 N–H and O–H groups in total. The standard InChI is InChI=1S/C61H98O5/c1-4-7-10-13-16-19-22-25-28-30-32-35-38-41-44-47-50-53-56-64-57-59(66-61(63)55-52-49-46-43-40-37-33-27-24-21-18-15-12-9-6-3)58-65-60(62)54-51-48-45-42-39-36-34-31-29-26-23-20-17-14-11-8-5-2/h7-12,16-21,25-29,33-34,36,40,43,59H,4-6,13-15,22-24,30-32,35,37-39,41-42,44-58H2,1-3H3/b10-7-,11-8-,12-9-,19-16-,20-17-,21-18-,28-25-,29-26-,33-27-,36-34-,43-40-. The zero-order valence-electron chi connectivity index (χ0n) is 42.7. The number of esters is 2. The highest BCUT2D eigenvalue weighted by molar-refractivity contribution is 5.70. The molecule has 0 amide bonds. The topological polar surface area (TPSA) is 61.8 Å². The maximum Gasteiger partial charge on any atom is 0.306 e. The van der Waals surface area contributed by atoms with E-state index in [0.29, 0.717) is 19.4 Å². The van der Waals surface area contributed by atoms with Crippen LogP contribution in [0.2, 0.25) is 0 Å². The Hall–Kier alpha value is -3.96. The van der Waals surface area contributed by atoms with Crippen molar-refractivity contribution in [3.05, 3.63) is 134 Å². The molecule has 0 fully saturated rings. The number of rotatable bonds is 47. The minimum Gasteiger partial charge on any atom is -0.462 e. The van der Waals surface area contributed by atoms with Crippen LogP contribution in [0.25, 0.3) is 0 Å². The molecule has 5 nitrogen and oxygen atoms in total. The summed E-state index contributed by atoms with van der Waals surface area (Å²) in [5.41, 5.74) is 0. The van der Waals surface area contributed by atoms with Crippen molar-refractivity contribution >= 4 is 11.9 Å². The second-order valence-corrected chi connectivity index (χ2v) is 17.0. The third kappa shape index (κ3) is 52.7. The van der Waals surface area contributed by atoms with Crippen LogP contribution in [-0.4, -0.2) is 37.9 Å². The molecule has 0 rings (SSSR count). The molecule has 0 aliphatic rings. The first kappa shape index (κ1) is 62.0. The summed E-state index contributed by atoms with van der Waals surface area (Å²) in [6, 6.07) is 0. The number of carbonyl (C=O) groups excluding carboxylic acids is 2. The average molecular weight is 911 g/mol. The van der Waals surface area contributed by atoms with Gasteiger partial charge in [-0.1, -0.05) is 206 Å². The molecule has 0 saturated heterocycles. The van der Waals surface area contributed by atoms with Crippen molar-refractivity contribution in [2.75, 3.05) is 19.8 Å². The molecule has 0 aromatic rings. The van der Waals surface area contributed by atoms with Gasteiger partial charge in [0.1, 0.15) is 6.61 Å². The predicted molar refractivity (Wildman–Crippen MR) is 288 cm³/mol. The quantitative estimate of drug-likeness (QED) is 0.0346. The van der Waals surface area contributed by atoms with Crippen molar-refractivity contribution in [3.8, 4) is 0 Å². The van der Waals surface area contributed by atoms with Gasteiger partial charge in [-0.3, -0.25) is 9.59 Å². The van der Waals surface area contributed by atoms with Crippen LogP contribution >= 0.6 is 0 Å². The van der Waals surface area contributed by atoms with Gasteiger partial charge < -0.3 is 14.2 Å². The van der Waals surface area contributed by atoms with Crippen molar-refractivity contribution in [2.45, 2.75) is 219 Å². The van der Waals surface area contributed by atoms with Crippen LogP contribution in [0.1, 0.15) is 213 Å². The second kappa shape index (κ2) is 55.4. The number of carbonyl (C=O) groups is 2. The molecule has 372 valence electrons. The van der Waals surface area contributed by atoms with E-state index in [4.69, 9.17) is 14.2 Å². The minimum atomic E-state index is -0.582. The van der Waals surface area contributed by atoms with Crippen molar-refractivity contribution in [3.63, 3.8) is 0 Å². The van der Waals surface area contributed by atoms with Gasteiger partial charge in [-0.2, -0.15) is 0 Å². The average Bonchev–Trinajstić information content (AvgIpc) is 3.32. The number of hydrogen-bond donors (Lipinski definition) is 0. The smallest absolute Gasteiger partial charge is 0.306 e. The largest absolute Gasteiger partial charge is 0.462 e. The van der Waals surface area contributed by atoms with E-state index < -0.39 is 6.10 Å². The molecule has 0 aliphatic carbocycles. The first-order valence-corrected chi connectivity index (χ1v) is 26.7. The van der Waals surface area contributed by atoms with Gasteiger partial charge in [0.2, 0.25) is 0 Å². The summed E-state index contributed by atoms with van der Waals surface area (Å²) >= 11 is 0. The summed E-state index contributed by atoms with van der Waals surface area (Å²) in [5.74, 6) is -0.486. The molecule has 0 spiro atoms. The van der Waals surface area contributed by atoms with Gasteiger partial charge >= 0.3 is 11.9 Å². The lowest BCUT2D eigenvalue weighted by Crippen LogP contribution is -2.30. The molecular formula is C61H98O5. The fourth-order valence-electron chi connectivity index (χ4n) is 6.80. The Bertz CT molecular complexity index is 1400. The summed E-state index contributed by atoms with van der Waals surface area (Å²) < 4.78 is 17.4. The van der Waals surface area contributed by atoms with Crippen LogP contribution in [0, 0.1) is 0 Å². The first-order valence-electron chi connectivity index (χ1n) is 26.7. The van der Waals surface area contributed by atoms with Crippen molar-refractivity contribution < 1.29 is 23.8 Å². The van der Waals surface area contributed by atoms with Gasteiger partial charge in [0.05, 0.1) is 6.61 Å². The number of ether oxygens (including phenoxy) is 3. The molecule has 0 heterocycles. The molecule has 0 radical (unpaired) electrons. The predicted octanol–water partition coefficient (Wildman–Crippen LogP) is 18.3. The van der Waals surface area contributed by atoms with Crippen molar-refractivity contribution in [1.82, 2.24) is 0 Å². The molecule has 66 heavy (non-hydrogen) atoms. The first-order chi connectivity index (χ1) is 32.6. The molecule has 0 aromatic carbocycles. The number of hydrogen-bond acceptors (Lipinski definition) is 5. The number of allylic oxidation sites excluding steroid dienone is 22. The highest BCUT2D eigenvalue weighted by Crippen LogP contribution is 2.12. The van der Waals surface area contributed by atoms with Crippen molar-refractivity contribution in [1.29, 1.82) is 0 Å². The van der Waals surface area contributed by atoms with E-state index in [9.17, 15) is 9.59 Å². The Morgan fingerprint density at radius 3 is 1.05 bits per heavy atom. The van der Waals surface area contributed by atoms with Gasteiger partial charge in [-0.05, 0) is 128 Å². The van der Waals surface area contributed by atoms with Crippen molar-refractivity contribution in [2.24, 2.45) is 0 Å². The maximum atomic E-state index is 12.8. The monoisotopic (exact) mass is 911 g/mol. The van der Waals surface area contributed by atoms with Gasteiger partial charge in [-0.15, -0.1) is 0 Å². The van der Waals surface area contributed by atoms with E-state index in [1.54, 1.807) is 0 Å². The molecule has 1 unspecified atom stereocenters. The van der Waals surface area contributed by atoms with E-state index >= 15 is 0 Å². The van der Waals surface area contributed by atoms with Crippen LogP contribution in [0.15, 0.2) is 134 Å². The van der Waals surface area contributed by atoms with Crippen LogP contribution < -0.4 is 0 Å². The molecule has 0 bridgehead atoms. The van der Waals surface area contributed by atoms with E-state index in [-0.39, 0.29) is 25.2 Å². The zero-order valence-corrected chi connectivity index (χ0v) is 42.7. The minimum absolute atomic E-state index is 0.0438. The van der Waals surface area contributed by atoms with Gasteiger partial charge in [0, 0.05) is 19.4 Å². The molecule has 5 heteroatoms. The van der Waals surface area contributed by atoms with E-state index in [2.05, 4.69) is 154 Å². The Labute approximate surface area is 407 Å². The van der Waals surface area contributed by atoms with E-state index in [1.165, 1.54) is 44.9 Å². The molecule has 0 aliphatic heterocycles. The lowest BCUT2D eigenvalue weighted by molar-refractivity contribution is -0.163. The number of unbranched alkanes of at least 4 members (excludes halogenated alkanes) is 14. The molecule has 1 atom stereocenters. The van der Waals surface area contributed by atoms with Crippen LogP contribution in [0.4, 0.5) is 0 Å². The van der Waals surface area contributed by atoms with Gasteiger partial charge in [0.25, 0.3) is 0 Å². The van der Waals surface area contributed by atoms with Crippen LogP contribution in [0.3, 0.4) is 0 Å². The summed E-state index contributed by atoms with van der Waals surface area (Å²) in [6.45, 7) is 7.39. The van der Waals surface area contributed by atoms with Crippen LogP contribution in [0.5, 0.6) is 0 Å². The maximum absolute atomic E-state index is 12.8. The fourth-order valence-corrected chi connectivity index (χ4v) is 6.80. The summed E-state index contributed by atoms with van der Waals surface area (Å²) in [7, 11) is 0. The Balaban J connectivity index is 4.42. The Kier molecular flexibility index (Phi) is 52.0. The highest BCUT2D eigenvalue weighted by atomic mass is 16.6. The Morgan fingerprint density at radius 1 is 0.333 bits per heavy atom. The van der Waals surface area contributed by atoms with Gasteiger partial charge in [-0.25, -0.2) is 0 Å². The second-order valence-electron chi connectivity index (χ2n) is 17.0. The van der Waals surface area contributed by atoms with E-state index in [1.807, 2.05) is 0 Å². The lowest BCUT2D eigenvalue weighted by Gasteiger charge is -2.18. The fraction of sp³-hybridized carbons (Fsp3) is 0.607. The third-order valence-corrected chi connectivity index (χ3v) is 10.7. The highest BCUT2D eigenvalue weighted by Gasteiger charge is 2.17. The normalized spacial score (nSPS) is 13.3. The molecular weight excluding hydrogens is 813 g/mol. The summed E-state index contributed by atoms with van der Waals surface area (Å²) in [5, 5.41) is 0. The summed E-state index contributed by atoms with van der Waals surface area (Å²) in [4.78, 5) is 25.4. The Morgan fingerprint density at radius 2 is 0.636 bits per heavy atom. The SMILES string of the molecule is CC/C=C\C/C=C\C/C=C\C/C=C\CCCCCCC(=O)OCC(COCCCCCCCCCC/C=C\C/C=C\C/C=C\CC)OC(=O)CCCC/C=C\C/C=C\C/C=C\C/C=C\CC. The molecule has 0 saturated carbocycles. The van der Waals surface area contributed by atoms with Crippen LogP contribution in [-0.2, 0) is 23.8 Å². The van der Waals surface area contributed by atoms with E-state index in [0.717, 1.165) is 135 Å². The van der Waals surface area contributed by atoms with Gasteiger partial charge in [0.15, 0.2) is 6.10 Å². The molecule has 0 aromatic heterocycles.